The second-order valence-corrected chi connectivity index (χ2v) is 5.38. The smallest absolute Gasteiger partial charge is 0.126 e. The molecule has 17 heavy (non-hydrogen) atoms. The number of nitrogens with zero attached hydrogens (tertiary/aromatic N) is 1. The van der Waals surface area contributed by atoms with Gasteiger partial charge < -0.3 is 11.1 Å². The average molecular weight is 249 g/mol. The Morgan fingerprint density at radius 3 is 2.76 bits per heavy atom. The van der Waals surface area contributed by atoms with Crippen molar-refractivity contribution in [3.05, 3.63) is 23.9 Å². The molecule has 1 aromatic heterocycles. The highest BCUT2D eigenvalue weighted by atomic mass is 32.1. The SMILES string of the molecule is CC1CCC(Nc2cccc(C(N)=S)n2)C1C. The topological polar surface area (TPSA) is 50.9 Å². The highest BCUT2D eigenvalue weighted by Gasteiger charge is 2.29. The fourth-order valence-electron chi connectivity index (χ4n) is 2.41. The molecule has 0 aromatic carbocycles. The predicted molar refractivity (Wildman–Crippen MR) is 75.1 cm³/mol. The highest BCUT2D eigenvalue weighted by molar-refractivity contribution is 7.80. The van der Waals surface area contributed by atoms with Gasteiger partial charge >= 0.3 is 0 Å². The van der Waals surface area contributed by atoms with Crippen molar-refractivity contribution in [3.63, 3.8) is 0 Å². The van der Waals surface area contributed by atoms with Crippen LogP contribution in [0.25, 0.3) is 0 Å². The first-order valence-corrected chi connectivity index (χ1v) is 6.52. The van der Waals surface area contributed by atoms with Crippen molar-refractivity contribution in [1.29, 1.82) is 0 Å². The molecule has 3 atom stereocenters. The van der Waals surface area contributed by atoms with Gasteiger partial charge in [0.15, 0.2) is 0 Å². The van der Waals surface area contributed by atoms with Gasteiger partial charge in [-0.25, -0.2) is 4.98 Å². The minimum Gasteiger partial charge on any atom is -0.388 e. The van der Waals surface area contributed by atoms with Crippen LogP contribution in [0.15, 0.2) is 18.2 Å². The lowest BCUT2D eigenvalue weighted by molar-refractivity contribution is 0.435. The highest BCUT2D eigenvalue weighted by Crippen LogP contribution is 2.32. The van der Waals surface area contributed by atoms with E-state index in [0.717, 1.165) is 11.7 Å². The van der Waals surface area contributed by atoms with E-state index in [1.807, 2.05) is 18.2 Å². The maximum absolute atomic E-state index is 5.58. The Balaban J connectivity index is 2.08. The van der Waals surface area contributed by atoms with Crippen molar-refractivity contribution < 1.29 is 0 Å². The van der Waals surface area contributed by atoms with Gasteiger partial charge in [-0.1, -0.05) is 32.1 Å². The van der Waals surface area contributed by atoms with Crippen LogP contribution in [0.4, 0.5) is 5.82 Å². The first-order valence-electron chi connectivity index (χ1n) is 6.11. The summed E-state index contributed by atoms with van der Waals surface area (Å²) in [5, 5.41) is 3.49. The Labute approximate surface area is 108 Å². The van der Waals surface area contributed by atoms with Gasteiger partial charge in [0.25, 0.3) is 0 Å². The summed E-state index contributed by atoms with van der Waals surface area (Å²) in [5.74, 6) is 2.35. The third kappa shape index (κ3) is 2.75. The quantitative estimate of drug-likeness (QED) is 0.808. The summed E-state index contributed by atoms with van der Waals surface area (Å²) >= 11 is 4.93. The van der Waals surface area contributed by atoms with Crippen molar-refractivity contribution in [1.82, 2.24) is 4.98 Å². The molecule has 1 fully saturated rings. The minimum absolute atomic E-state index is 0.349. The van der Waals surface area contributed by atoms with Crippen molar-refractivity contribution in [2.75, 3.05) is 5.32 Å². The standard InChI is InChI=1S/C13H19N3S/c1-8-6-7-10(9(8)2)15-12-5-3-4-11(16-12)13(14)17/h3-5,8-10H,6-7H2,1-2H3,(H2,14,17)(H,15,16). The molecular weight excluding hydrogens is 230 g/mol. The van der Waals surface area contributed by atoms with Gasteiger partial charge in [0.1, 0.15) is 10.8 Å². The maximum atomic E-state index is 5.58. The Hall–Kier alpha value is -1.16. The molecule has 0 bridgehead atoms. The zero-order valence-electron chi connectivity index (χ0n) is 10.3. The third-order valence-electron chi connectivity index (χ3n) is 3.80. The average Bonchev–Trinajstić information content (AvgIpc) is 2.61. The summed E-state index contributed by atoms with van der Waals surface area (Å²) in [7, 11) is 0. The van der Waals surface area contributed by atoms with E-state index in [1.54, 1.807) is 0 Å². The number of aromatic nitrogens is 1. The molecule has 3 unspecified atom stereocenters. The van der Waals surface area contributed by atoms with Gasteiger partial charge in [0, 0.05) is 6.04 Å². The molecule has 0 aliphatic heterocycles. The summed E-state index contributed by atoms with van der Waals surface area (Å²) < 4.78 is 0. The number of anilines is 1. The number of pyridine rings is 1. The fraction of sp³-hybridized carbons (Fsp3) is 0.538. The Morgan fingerprint density at radius 1 is 1.41 bits per heavy atom. The number of nitrogens with one attached hydrogen (secondary N) is 1. The van der Waals surface area contributed by atoms with Crippen LogP contribution in [-0.2, 0) is 0 Å². The first kappa shape index (κ1) is 12.3. The fourth-order valence-corrected chi connectivity index (χ4v) is 2.52. The lowest BCUT2D eigenvalue weighted by Gasteiger charge is -2.20. The van der Waals surface area contributed by atoms with Gasteiger partial charge in [0.05, 0.1) is 5.69 Å². The molecule has 0 radical (unpaired) electrons. The van der Waals surface area contributed by atoms with E-state index in [1.165, 1.54) is 12.8 Å². The Kier molecular flexibility index (Phi) is 3.62. The lowest BCUT2D eigenvalue weighted by Crippen LogP contribution is -2.25. The van der Waals surface area contributed by atoms with Crippen LogP contribution in [0, 0.1) is 11.8 Å². The van der Waals surface area contributed by atoms with Crippen LogP contribution in [0.3, 0.4) is 0 Å². The number of rotatable bonds is 3. The lowest BCUT2D eigenvalue weighted by atomic mass is 9.98. The van der Waals surface area contributed by atoms with Gasteiger partial charge in [-0.3, -0.25) is 0 Å². The predicted octanol–water partition coefficient (Wildman–Crippen LogP) is 2.56. The second-order valence-electron chi connectivity index (χ2n) is 4.94. The summed E-state index contributed by atoms with van der Waals surface area (Å²) in [5.41, 5.74) is 6.27. The van der Waals surface area contributed by atoms with Crippen molar-refractivity contribution >= 4 is 23.0 Å². The number of thiocarbonyl (C=S) groups is 1. The molecular formula is C13H19N3S. The van der Waals surface area contributed by atoms with Crippen LogP contribution >= 0.6 is 12.2 Å². The molecule has 3 N–H and O–H groups in total. The van der Waals surface area contributed by atoms with Crippen LogP contribution in [0.5, 0.6) is 0 Å². The number of nitrogens with two attached hydrogens (primary N) is 1. The summed E-state index contributed by atoms with van der Waals surface area (Å²) in [4.78, 5) is 4.77. The molecule has 1 saturated carbocycles. The molecule has 92 valence electrons. The zero-order valence-corrected chi connectivity index (χ0v) is 11.1. The van der Waals surface area contributed by atoms with Crippen LogP contribution in [0.2, 0.25) is 0 Å². The number of hydrogen-bond donors (Lipinski definition) is 2. The van der Waals surface area contributed by atoms with E-state index < -0.39 is 0 Å². The summed E-state index contributed by atoms with van der Waals surface area (Å²) in [6, 6.07) is 6.26. The van der Waals surface area contributed by atoms with Crippen molar-refractivity contribution in [3.8, 4) is 0 Å². The van der Waals surface area contributed by atoms with E-state index in [4.69, 9.17) is 18.0 Å². The first-order chi connectivity index (χ1) is 8.08. The monoisotopic (exact) mass is 249 g/mol. The van der Waals surface area contributed by atoms with E-state index in [-0.39, 0.29) is 0 Å². The normalized spacial score (nSPS) is 28.0. The molecule has 4 heteroatoms. The van der Waals surface area contributed by atoms with Crippen molar-refractivity contribution in [2.45, 2.75) is 32.7 Å². The van der Waals surface area contributed by atoms with E-state index in [0.29, 0.717) is 22.6 Å². The molecule has 0 saturated heterocycles. The van der Waals surface area contributed by atoms with Crippen LogP contribution < -0.4 is 11.1 Å². The molecule has 1 aliphatic rings. The summed E-state index contributed by atoms with van der Waals surface area (Å²) in [6.07, 6.45) is 2.50. The molecule has 3 nitrogen and oxygen atoms in total. The molecule has 1 aromatic rings. The van der Waals surface area contributed by atoms with Gasteiger partial charge in [-0.2, -0.15) is 0 Å². The largest absolute Gasteiger partial charge is 0.388 e. The van der Waals surface area contributed by atoms with E-state index >= 15 is 0 Å². The Morgan fingerprint density at radius 2 is 2.18 bits per heavy atom. The number of hydrogen-bond acceptors (Lipinski definition) is 3. The van der Waals surface area contributed by atoms with Crippen LogP contribution in [0.1, 0.15) is 32.4 Å². The maximum Gasteiger partial charge on any atom is 0.126 e. The molecule has 0 amide bonds. The summed E-state index contributed by atoms with van der Waals surface area (Å²) in [6.45, 7) is 4.61. The van der Waals surface area contributed by atoms with E-state index in [9.17, 15) is 0 Å². The molecule has 1 heterocycles. The Bertz CT molecular complexity index is 419. The van der Waals surface area contributed by atoms with Gasteiger partial charge in [-0.15, -0.1) is 0 Å². The molecule has 1 aliphatic carbocycles. The minimum atomic E-state index is 0.349. The second kappa shape index (κ2) is 5.00. The third-order valence-corrected chi connectivity index (χ3v) is 4.01. The van der Waals surface area contributed by atoms with Gasteiger partial charge in [0.2, 0.25) is 0 Å². The van der Waals surface area contributed by atoms with Crippen LogP contribution in [-0.4, -0.2) is 16.0 Å². The van der Waals surface area contributed by atoms with Crippen molar-refractivity contribution in [2.24, 2.45) is 17.6 Å². The molecule has 0 spiro atoms. The zero-order chi connectivity index (χ0) is 12.4. The van der Waals surface area contributed by atoms with E-state index in [2.05, 4.69) is 24.1 Å². The van der Waals surface area contributed by atoms with Gasteiger partial charge in [-0.05, 0) is 36.8 Å². The molecule has 2 rings (SSSR count).